The van der Waals surface area contributed by atoms with Gasteiger partial charge in [0.25, 0.3) is 0 Å². The number of hydrogen-bond acceptors (Lipinski definition) is 5. The number of carbonyl (C=O) groups excluding carboxylic acids is 2. The first-order valence-electron chi connectivity index (χ1n) is 9.04. The molecule has 24 heavy (non-hydrogen) atoms. The van der Waals surface area contributed by atoms with Gasteiger partial charge in [0.1, 0.15) is 6.04 Å². The third kappa shape index (κ3) is 5.91. The Morgan fingerprint density at radius 2 is 1.96 bits per heavy atom. The molecule has 0 spiro atoms. The molecule has 0 saturated carbocycles. The lowest BCUT2D eigenvalue weighted by Gasteiger charge is -2.26. The van der Waals surface area contributed by atoms with E-state index in [0.717, 1.165) is 12.8 Å². The van der Waals surface area contributed by atoms with Gasteiger partial charge in [-0.1, -0.05) is 31.9 Å². The molecular formula is C18H29NO5. The monoisotopic (exact) mass is 339 g/mol. The summed E-state index contributed by atoms with van der Waals surface area (Å²) in [5.74, 6) is -1.45. The lowest BCUT2D eigenvalue weighted by Crippen LogP contribution is -2.43. The second kappa shape index (κ2) is 9.79. The van der Waals surface area contributed by atoms with E-state index in [0.29, 0.717) is 32.7 Å². The molecule has 2 fully saturated rings. The Bertz CT molecular complexity index is 443. The number of nitrogens with one attached hydrogen (secondary N) is 1. The number of cyclic esters (lactones) is 1. The van der Waals surface area contributed by atoms with Crippen LogP contribution in [-0.4, -0.2) is 43.5 Å². The highest BCUT2D eigenvalue weighted by Crippen LogP contribution is 2.29. The van der Waals surface area contributed by atoms with Gasteiger partial charge in [0.15, 0.2) is 5.79 Å². The van der Waals surface area contributed by atoms with Gasteiger partial charge >= 0.3 is 5.97 Å². The number of carbonyl (C=O) groups is 2. The maximum atomic E-state index is 12.2. The van der Waals surface area contributed by atoms with Gasteiger partial charge in [0, 0.05) is 12.8 Å². The summed E-state index contributed by atoms with van der Waals surface area (Å²) in [5, 5.41) is 2.71. The number of hydrogen-bond donors (Lipinski definition) is 1. The average molecular weight is 339 g/mol. The number of ether oxygens (including phenoxy) is 3. The molecule has 2 aliphatic rings. The smallest absolute Gasteiger partial charge is 0.328 e. The lowest BCUT2D eigenvalue weighted by atomic mass is 10.0. The number of rotatable bonds is 10. The minimum Gasteiger partial charge on any atom is -0.464 e. The van der Waals surface area contributed by atoms with Crippen molar-refractivity contribution >= 4 is 11.9 Å². The summed E-state index contributed by atoms with van der Waals surface area (Å²) >= 11 is 0. The van der Waals surface area contributed by atoms with Crippen molar-refractivity contribution in [3.63, 3.8) is 0 Å². The molecule has 0 bridgehead atoms. The molecule has 1 atom stereocenters. The van der Waals surface area contributed by atoms with Crippen LogP contribution < -0.4 is 5.32 Å². The molecule has 6 nitrogen and oxygen atoms in total. The Labute approximate surface area is 143 Å². The second-order valence-corrected chi connectivity index (χ2v) is 6.37. The van der Waals surface area contributed by atoms with E-state index >= 15 is 0 Å². The first kappa shape index (κ1) is 18.9. The standard InChI is InChI=1S/C18H29NO5/c1-2-3-4-5-6-7-8-10-18(23-12-13-24-18)14-16(20)19-15-9-11-22-17(15)21/h6-7,15H,2-5,8-14H2,1H3,(H,19,20)/b7-6+. The van der Waals surface area contributed by atoms with Crippen LogP contribution in [0.2, 0.25) is 0 Å². The van der Waals surface area contributed by atoms with Crippen molar-refractivity contribution < 1.29 is 23.8 Å². The fourth-order valence-corrected chi connectivity index (χ4v) is 3.00. The van der Waals surface area contributed by atoms with Crippen LogP contribution in [0.25, 0.3) is 0 Å². The molecule has 2 saturated heterocycles. The Morgan fingerprint density at radius 3 is 2.62 bits per heavy atom. The normalized spacial score (nSPS) is 22.9. The first-order valence-corrected chi connectivity index (χ1v) is 9.04. The molecule has 0 aliphatic carbocycles. The molecule has 2 rings (SSSR count). The van der Waals surface area contributed by atoms with E-state index < -0.39 is 11.8 Å². The van der Waals surface area contributed by atoms with Gasteiger partial charge in [0.2, 0.25) is 5.91 Å². The molecule has 0 aromatic rings. The highest BCUT2D eigenvalue weighted by Gasteiger charge is 2.39. The average Bonchev–Trinajstić information content (AvgIpc) is 3.17. The summed E-state index contributed by atoms with van der Waals surface area (Å²) in [6.07, 6.45) is 11.2. The van der Waals surface area contributed by atoms with Gasteiger partial charge in [0.05, 0.1) is 26.2 Å². The zero-order valence-electron chi connectivity index (χ0n) is 14.6. The largest absolute Gasteiger partial charge is 0.464 e. The van der Waals surface area contributed by atoms with Crippen LogP contribution in [0, 0.1) is 0 Å². The van der Waals surface area contributed by atoms with Crippen molar-refractivity contribution in [2.24, 2.45) is 0 Å². The molecular weight excluding hydrogens is 310 g/mol. The molecule has 2 aliphatic heterocycles. The summed E-state index contributed by atoms with van der Waals surface area (Å²) in [4.78, 5) is 23.7. The summed E-state index contributed by atoms with van der Waals surface area (Å²) in [6, 6.07) is -0.533. The van der Waals surface area contributed by atoms with E-state index in [9.17, 15) is 9.59 Å². The van der Waals surface area contributed by atoms with Crippen LogP contribution in [0.5, 0.6) is 0 Å². The number of esters is 1. The van der Waals surface area contributed by atoms with Gasteiger partial charge in [-0.15, -0.1) is 0 Å². The van der Waals surface area contributed by atoms with Crippen molar-refractivity contribution in [2.75, 3.05) is 19.8 Å². The van der Waals surface area contributed by atoms with E-state index in [1.807, 2.05) is 0 Å². The van der Waals surface area contributed by atoms with Gasteiger partial charge in [-0.25, -0.2) is 4.79 Å². The van der Waals surface area contributed by atoms with Crippen molar-refractivity contribution in [3.8, 4) is 0 Å². The number of unbranched alkanes of at least 4 members (excludes halogenated alkanes) is 3. The quantitative estimate of drug-likeness (QED) is 0.376. The van der Waals surface area contributed by atoms with Gasteiger partial charge < -0.3 is 19.5 Å². The predicted octanol–water partition coefficient (Wildman–Crippen LogP) is 2.47. The Balaban J connectivity index is 1.75. The highest BCUT2D eigenvalue weighted by atomic mass is 16.7. The van der Waals surface area contributed by atoms with E-state index in [2.05, 4.69) is 24.4 Å². The lowest BCUT2D eigenvalue weighted by molar-refractivity contribution is -0.173. The third-order valence-corrected chi connectivity index (χ3v) is 4.35. The zero-order chi connectivity index (χ0) is 17.3. The summed E-state index contributed by atoms with van der Waals surface area (Å²) in [7, 11) is 0. The molecule has 0 aromatic carbocycles. The van der Waals surface area contributed by atoms with Crippen LogP contribution in [0.1, 0.15) is 58.3 Å². The Hall–Kier alpha value is -1.40. The van der Waals surface area contributed by atoms with Crippen LogP contribution in [0.4, 0.5) is 0 Å². The van der Waals surface area contributed by atoms with Gasteiger partial charge in [-0.2, -0.15) is 0 Å². The van der Waals surface area contributed by atoms with Gasteiger partial charge in [-0.05, 0) is 19.3 Å². The summed E-state index contributed by atoms with van der Waals surface area (Å²) in [6.45, 7) is 3.56. The van der Waals surface area contributed by atoms with Crippen LogP contribution in [0.3, 0.4) is 0 Å². The molecule has 0 aromatic heterocycles. The first-order chi connectivity index (χ1) is 11.7. The van der Waals surface area contributed by atoms with Crippen LogP contribution in [0.15, 0.2) is 12.2 Å². The fourth-order valence-electron chi connectivity index (χ4n) is 3.00. The topological polar surface area (TPSA) is 73.9 Å². The van der Waals surface area contributed by atoms with Crippen molar-refractivity contribution in [3.05, 3.63) is 12.2 Å². The third-order valence-electron chi connectivity index (χ3n) is 4.35. The molecule has 2 heterocycles. The maximum Gasteiger partial charge on any atom is 0.328 e. The van der Waals surface area contributed by atoms with Crippen molar-refractivity contribution in [2.45, 2.75) is 70.1 Å². The molecule has 136 valence electrons. The Morgan fingerprint density at radius 1 is 1.21 bits per heavy atom. The van der Waals surface area contributed by atoms with Crippen molar-refractivity contribution in [1.82, 2.24) is 5.32 Å². The summed E-state index contributed by atoms with van der Waals surface area (Å²) < 4.78 is 16.3. The van der Waals surface area contributed by atoms with E-state index in [-0.39, 0.29) is 18.3 Å². The van der Waals surface area contributed by atoms with E-state index in [1.165, 1.54) is 19.3 Å². The Kier molecular flexibility index (Phi) is 7.72. The van der Waals surface area contributed by atoms with Gasteiger partial charge in [-0.3, -0.25) is 4.79 Å². The molecule has 6 heteroatoms. The zero-order valence-corrected chi connectivity index (χ0v) is 14.6. The maximum absolute atomic E-state index is 12.2. The minimum atomic E-state index is -0.861. The summed E-state index contributed by atoms with van der Waals surface area (Å²) in [5.41, 5.74) is 0. The molecule has 1 N–H and O–H groups in total. The highest BCUT2D eigenvalue weighted by molar-refractivity contribution is 5.85. The molecule has 1 amide bonds. The van der Waals surface area contributed by atoms with Crippen LogP contribution >= 0.6 is 0 Å². The van der Waals surface area contributed by atoms with Crippen molar-refractivity contribution in [1.29, 1.82) is 0 Å². The fraction of sp³-hybridized carbons (Fsp3) is 0.778. The van der Waals surface area contributed by atoms with E-state index in [1.54, 1.807) is 0 Å². The van der Waals surface area contributed by atoms with E-state index in [4.69, 9.17) is 14.2 Å². The molecule has 0 radical (unpaired) electrons. The molecule has 1 unspecified atom stereocenters. The minimum absolute atomic E-state index is 0.112. The predicted molar refractivity (Wildman–Crippen MR) is 89.3 cm³/mol. The number of amides is 1. The van der Waals surface area contributed by atoms with Crippen LogP contribution in [-0.2, 0) is 23.8 Å². The second-order valence-electron chi connectivity index (χ2n) is 6.37. The number of allylic oxidation sites excluding steroid dienone is 2. The SMILES string of the molecule is CCCCC/C=C/CCC1(CC(=O)NC2CCOC2=O)OCCO1.